The fraction of sp³-hybridized carbons (Fsp3) is 0.300. The monoisotopic (exact) mass is 542 g/mol. The number of fused-ring (bicyclic) bond motifs is 1. The zero-order chi connectivity index (χ0) is 28.3. The van der Waals surface area contributed by atoms with Crippen molar-refractivity contribution in [1.29, 1.82) is 0 Å². The van der Waals surface area contributed by atoms with Crippen molar-refractivity contribution in [3.63, 3.8) is 0 Å². The maximum absolute atomic E-state index is 13.2. The number of halogens is 1. The predicted molar refractivity (Wildman–Crippen MR) is 152 cm³/mol. The summed E-state index contributed by atoms with van der Waals surface area (Å²) in [5.74, 6) is 0.275. The summed E-state index contributed by atoms with van der Waals surface area (Å²) >= 11 is 0. The lowest BCUT2D eigenvalue weighted by Crippen LogP contribution is -2.44. The third kappa shape index (κ3) is 6.69. The van der Waals surface area contributed by atoms with Crippen molar-refractivity contribution in [1.82, 2.24) is 19.9 Å². The number of rotatable bonds is 5. The predicted octanol–water partition coefficient (Wildman–Crippen LogP) is 5.89. The van der Waals surface area contributed by atoms with E-state index in [1.807, 2.05) is 39.0 Å². The Hall–Kier alpha value is -4.60. The van der Waals surface area contributed by atoms with Gasteiger partial charge in [-0.3, -0.25) is 9.78 Å². The highest BCUT2D eigenvalue weighted by Gasteiger charge is 2.27. The number of piperidine rings is 1. The number of carbonyl (C=O) groups is 2. The van der Waals surface area contributed by atoms with Crippen LogP contribution in [0.3, 0.4) is 0 Å². The van der Waals surface area contributed by atoms with E-state index in [1.54, 1.807) is 29.6 Å². The fourth-order valence-corrected chi connectivity index (χ4v) is 4.48. The summed E-state index contributed by atoms with van der Waals surface area (Å²) in [5, 5.41) is 7.99. The largest absolute Gasteiger partial charge is 0.444 e. The molecule has 5 rings (SSSR count). The number of carbonyl (C=O) groups excluding carboxylic acids is 2. The van der Waals surface area contributed by atoms with E-state index in [1.165, 1.54) is 24.3 Å². The molecule has 0 spiro atoms. The molecule has 40 heavy (non-hydrogen) atoms. The number of hydrogen-bond acceptors (Lipinski definition) is 7. The second kappa shape index (κ2) is 11.3. The normalized spacial score (nSPS) is 14.2. The SMILES string of the molecule is CC(C)(C)OC(=O)N1CCC(Nc2cncc(-c3ccc4cnc(NC(=O)c5ccc(F)cc5)cc4c3)n2)CC1. The van der Waals surface area contributed by atoms with Crippen molar-refractivity contribution in [3.8, 4) is 11.3 Å². The number of likely N-dealkylation sites (tertiary alicyclic amines) is 1. The average Bonchev–Trinajstić information content (AvgIpc) is 2.92. The first-order valence-electron chi connectivity index (χ1n) is 13.2. The maximum Gasteiger partial charge on any atom is 0.410 e. The van der Waals surface area contributed by atoms with Crippen molar-refractivity contribution in [3.05, 3.63) is 78.5 Å². The van der Waals surface area contributed by atoms with Crippen LogP contribution in [-0.2, 0) is 4.74 Å². The van der Waals surface area contributed by atoms with Crippen molar-refractivity contribution >= 4 is 34.4 Å². The number of benzene rings is 2. The minimum Gasteiger partial charge on any atom is -0.444 e. The molecule has 3 heterocycles. The standard InChI is InChI=1S/C30H31FN6O3/c1-30(2,3)40-29(39)37-12-10-24(11-13-37)34-27-18-32-17-25(35-27)20-4-5-21-16-33-26(15-22(21)14-20)36-28(38)19-6-8-23(31)9-7-19/h4-9,14-18,24H,10-13H2,1-3H3,(H,34,35)(H,33,36,38). The summed E-state index contributed by atoms with van der Waals surface area (Å²) in [5.41, 5.74) is 1.39. The number of nitrogens with zero attached hydrogens (tertiary/aromatic N) is 4. The van der Waals surface area contributed by atoms with Gasteiger partial charge in [0.2, 0.25) is 0 Å². The highest BCUT2D eigenvalue weighted by Crippen LogP contribution is 2.26. The van der Waals surface area contributed by atoms with Crippen LogP contribution in [0.25, 0.3) is 22.0 Å². The average molecular weight is 543 g/mol. The molecule has 1 aliphatic heterocycles. The molecule has 9 nitrogen and oxygen atoms in total. The number of anilines is 2. The summed E-state index contributed by atoms with van der Waals surface area (Å²) in [7, 11) is 0. The van der Waals surface area contributed by atoms with Crippen LogP contribution in [0.4, 0.5) is 20.8 Å². The van der Waals surface area contributed by atoms with Crippen LogP contribution in [0, 0.1) is 5.82 Å². The van der Waals surface area contributed by atoms with Crippen molar-refractivity contribution < 1.29 is 18.7 Å². The highest BCUT2D eigenvalue weighted by molar-refractivity contribution is 6.04. The van der Waals surface area contributed by atoms with Gasteiger partial charge in [-0.25, -0.2) is 19.2 Å². The Bertz CT molecular complexity index is 1530. The molecule has 0 aliphatic carbocycles. The maximum atomic E-state index is 13.2. The van der Waals surface area contributed by atoms with Gasteiger partial charge in [0, 0.05) is 41.8 Å². The highest BCUT2D eigenvalue weighted by atomic mass is 19.1. The molecule has 2 aromatic heterocycles. The molecule has 1 fully saturated rings. The number of nitrogens with one attached hydrogen (secondary N) is 2. The van der Waals surface area contributed by atoms with Crippen molar-refractivity contribution in [2.75, 3.05) is 23.7 Å². The Morgan fingerprint density at radius 3 is 2.42 bits per heavy atom. The molecule has 2 N–H and O–H groups in total. The van der Waals surface area contributed by atoms with Crippen LogP contribution in [0.15, 0.2) is 67.1 Å². The van der Waals surface area contributed by atoms with E-state index in [9.17, 15) is 14.0 Å². The second-order valence-corrected chi connectivity index (χ2v) is 10.8. The van der Waals surface area contributed by atoms with Gasteiger partial charge in [-0.15, -0.1) is 0 Å². The third-order valence-corrected chi connectivity index (χ3v) is 6.50. The van der Waals surface area contributed by atoms with Gasteiger partial charge in [0.25, 0.3) is 5.91 Å². The Kier molecular flexibility index (Phi) is 7.59. The summed E-state index contributed by atoms with van der Waals surface area (Å²) in [6.07, 6.45) is 6.36. The second-order valence-electron chi connectivity index (χ2n) is 10.8. The van der Waals surface area contributed by atoms with Crippen LogP contribution < -0.4 is 10.6 Å². The van der Waals surface area contributed by atoms with Gasteiger partial charge in [0.05, 0.1) is 18.1 Å². The molecule has 206 valence electrons. The van der Waals surface area contributed by atoms with Gasteiger partial charge in [0.15, 0.2) is 0 Å². The van der Waals surface area contributed by atoms with Gasteiger partial charge in [0.1, 0.15) is 23.1 Å². The minimum absolute atomic E-state index is 0.165. The number of ether oxygens (including phenoxy) is 1. The van der Waals surface area contributed by atoms with E-state index in [0.717, 1.165) is 29.2 Å². The first-order chi connectivity index (χ1) is 19.1. The number of hydrogen-bond donors (Lipinski definition) is 2. The minimum atomic E-state index is -0.513. The van der Waals surface area contributed by atoms with Gasteiger partial charge >= 0.3 is 6.09 Å². The van der Waals surface area contributed by atoms with E-state index < -0.39 is 11.4 Å². The van der Waals surface area contributed by atoms with Crippen molar-refractivity contribution in [2.24, 2.45) is 0 Å². The first kappa shape index (κ1) is 27.0. The van der Waals surface area contributed by atoms with Crippen LogP contribution in [-0.4, -0.2) is 56.6 Å². The summed E-state index contributed by atoms with van der Waals surface area (Å²) in [4.78, 5) is 40.1. The molecular formula is C30H31FN6O3. The quantitative estimate of drug-likeness (QED) is 0.323. The van der Waals surface area contributed by atoms with Crippen LogP contribution in [0.5, 0.6) is 0 Å². The topological polar surface area (TPSA) is 109 Å². The lowest BCUT2D eigenvalue weighted by atomic mass is 10.1. The van der Waals surface area contributed by atoms with Crippen LogP contribution >= 0.6 is 0 Å². The molecule has 0 radical (unpaired) electrons. The zero-order valence-corrected chi connectivity index (χ0v) is 22.6. The van der Waals surface area contributed by atoms with Gasteiger partial charge in [-0.2, -0.15) is 0 Å². The molecule has 0 saturated carbocycles. The number of pyridine rings is 1. The summed E-state index contributed by atoms with van der Waals surface area (Å²) < 4.78 is 18.7. The van der Waals surface area contributed by atoms with E-state index in [-0.39, 0.29) is 18.0 Å². The summed E-state index contributed by atoms with van der Waals surface area (Å²) in [6, 6.07) is 13.1. The Balaban J connectivity index is 1.25. The van der Waals surface area contributed by atoms with Crippen LogP contribution in [0.2, 0.25) is 0 Å². The molecule has 4 aromatic rings. The number of amides is 2. The Labute approximate surface area is 231 Å². The molecule has 2 aromatic carbocycles. The molecule has 0 unspecified atom stereocenters. The summed E-state index contributed by atoms with van der Waals surface area (Å²) in [6.45, 7) is 6.81. The lowest BCUT2D eigenvalue weighted by Gasteiger charge is -2.33. The lowest BCUT2D eigenvalue weighted by molar-refractivity contribution is 0.0210. The van der Waals surface area contributed by atoms with E-state index >= 15 is 0 Å². The van der Waals surface area contributed by atoms with Crippen LogP contribution in [0.1, 0.15) is 44.0 Å². The van der Waals surface area contributed by atoms with Gasteiger partial charge < -0.3 is 20.3 Å². The van der Waals surface area contributed by atoms with E-state index in [0.29, 0.717) is 36.0 Å². The number of aromatic nitrogens is 3. The molecule has 1 aliphatic rings. The third-order valence-electron chi connectivity index (χ3n) is 6.50. The van der Waals surface area contributed by atoms with Crippen molar-refractivity contribution in [2.45, 2.75) is 45.3 Å². The molecule has 0 atom stereocenters. The fourth-order valence-electron chi connectivity index (χ4n) is 4.48. The Morgan fingerprint density at radius 1 is 0.950 bits per heavy atom. The molecule has 2 amide bonds. The first-order valence-corrected chi connectivity index (χ1v) is 13.2. The van der Waals surface area contributed by atoms with E-state index in [4.69, 9.17) is 9.72 Å². The van der Waals surface area contributed by atoms with Gasteiger partial charge in [-0.05, 0) is 75.4 Å². The van der Waals surface area contributed by atoms with Gasteiger partial charge in [-0.1, -0.05) is 12.1 Å². The molecule has 10 heteroatoms. The van der Waals surface area contributed by atoms with E-state index in [2.05, 4.69) is 20.6 Å². The smallest absolute Gasteiger partial charge is 0.410 e. The molecule has 1 saturated heterocycles. The zero-order valence-electron chi connectivity index (χ0n) is 22.6. The molecule has 0 bridgehead atoms. The molecular weight excluding hydrogens is 511 g/mol. The Morgan fingerprint density at radius 2 is 1.70 bits per heavy atom.